The summed E-state index contributed by atoms with van der Waals surface area (Å²) in [5.41, 5.74) is 1.06. The van der Waals surface area contributed by atoms with E-state index in [2.05, 4.69) is 40.7 Å². The number of thiol groups is 1. The van der Waals surface area contributed by atoms with Crippen LogP contribution in [0.4, 0.5) is 0 Å². The number of halogens is 1. The summed E-state index contributed by atoms with van der Waals surface area (Å²) >= 11 is 9.42. The average Bonchev–Trinajstić information content (AvgIpc) is 2.45. The molecule has 2 rings (SSSR count). The van der Waals surface area contributed by atoms with Crippen molar-refractivity contribution in [3.05, 3.63) is 27.5 Å². The van der Waals surface area contributed by atoms with Crippen molar-refractivity contribution in [1.82, 2.24) is 0 Å². The Labute approximate surface area is 99.9 Å². The molecule has 0 atom stereocenters. The number of nitriles is 1. The molecular weight excluding hydrogens is 278 g/mol. The van der Waals surface area contributed by atoms with Gasteiger partial charge in [-0.05, 0) is 45.1 Å². The predicted molar refractivity (Wildman–Crippen MR) is 66.1 cm³/mol. The van der Waals surface area contributed by atoms with Gasteiger partial charge in [0.05, 0.1) is 16.3 Å². The van der Waals surface area contributed by atoms with Crippen molar-refractivity contribution >= 4 is 50.0 Å². The molecule has 0 aliphatic rings. The molecule has 1 aromatic carbocycles. The molecule has 0 N–H and O–H groups in total. The van der Waals surface area contributed by atoms with Crippen LogP contribution in [-0.4, -0.2) is 0 Å². The van der Waals surface area contributed by atoms with Gasteiger partial charge in [-0.25, -0.2) is 0 Å². The Morgan fingerprint density at radius 3 is 2.93 bits per heavy atom. The van der Waals surface area contributed by atoms with Crippen molar-refractivity contribution in [2.24, 2.45) is 0 Å². The molecule has 0 fully saturated rings. The highest BCUT2D eigenvalue weighted by molar-refractivity contribution is 9.11. The maximum Gasteiger partial charge on any atom is 0.0711 e. The zero-order chi connectivity index (χ0) is 10.1. The van der Waals surface area contributed by atoms with E-state index < -0.39 is 0 Å². The summed E-state index contributed by atoms with van der Waals surface area (Å²) in [5, 5.41) is 9.85. The van der Waals surface area contributed by atoms with Gasteiger partial charge in [0.1, 0.15) is 0 Å². The second kappa shape index (κ2) is 3.93. The van der Waals surface area contributed by atoms with Crippen molar-refractivity contribution in [3.63, 3.8) is 0 Å². The second-order valence-corrected chi connectivity index (χ2v) is 5.86. The molecule has 0 aliphatic carbocycles. The van der Waals surface area contributed by atoms with E-state index in [9.17, 15) is 0 Å². The minimum Gasteiger partial charge on any atom is -0.198 e. The lowest BCUT2D eigenvalue weighted by Gasteiger charge is -1.99. The van der Waals surface area contributed by atoms with Crippen LogP contribution in [0.3, 0.4) is 0 Å². The number of hydrogen-bond acceptors (Lipinski definition) is 3. The minimum absolute atomic E-state index is 0.442. The van der Waals surface area contributed by atoms with Gasteiger partial charge < -0.3 is 0 Å². The summed E-state index contributed by atoms with van der Waals surface area (Å²) in [6.45, 7) is 0. The van der Waals surface area contributed by atoms with Crippen molar-refractivity contribution in [3.8, 4) is 6.07 Å². The smallest absolute Gasteiger partial charge is 0.0711 e. The van der Waals surface area contributed by atoms with Crippen LogP contribution in [0, 0.1) is 11.3 Å². The van der Waals surface area contributed by atoms with Gasteiger partial charge in [0, 0.05) is 9.60 Å². The summed E-state index contributed by atoms with van der Waals surface area (Å²) < 4.78 is 2.27. The third kappa shape index (κ3) is 1.81. The van der Waals surface area contributed by atoms with E-state index in [0.717, 1.165) is 19.6 Å². The van der Waals surface area contributed by atoms with Crippen molar-refractivity contribution < 1.29 is 0 Å². The summed E-state index contributed by atoms with van der Waals surface area (Å²) in [7, 11) is 0. The number of benzene rings is 1. The highest BCUT2D eigenvalue weighted by Gasteiger charge is 2.06. The molecule has 0 saturated carbocycles. The molecule has 0 unspecified atom stereocenters. The topological polar surface area (TPSA) is 23.8 Å². The molecule has 0 saturated heterocycles. The van der Waals surface area contributed by atoms with Crippen LogP contribution in [0.25, 0.3) is 10.1 Å². The highest BCUT2D eigenvalue weighted by atomic mass is 79.9. The van der Waals surface area contributed by atoms with E-state index >= 15 is 0 Å². The summed E-state index contributed by atoms with van der Waals surface area (Å²) in [5.74, 6) is 0. The Bertz CT molecular complexity index is 525. The first-order valence-corrected chi connectivity index (χ1v) is 6.04. The Kier molecular flexibility index (Phi) is 2.82. The van der Waals surface area contributed by atoms with E-state index in [-0.39, 0.29) is 0 Å². The summed E-state index contributed by atoms with van der Waals surface area (Å²) in [6, 6.07) is 8.20. The Morgan fingerprint density at radius 1 is 1.43 bits per heavy atom. The van der Waals surface area contributed by atoms with Crippen LogP contribution >= 0.6 is 39.9 Å². The number of thiophene rings is 1. The second-order valence-electron chi connectivity index (χ2n) is 2.91. The first kappa shape index (κ1) is 10.0. The molecule has 4 heteroatoms. The lowest BCUT2D eigenvalue weighted by atomic mass is 10.1. The van der Waals surface area contributed by atoms with Crippen LogP contribution in [0.15, 0.2) is 26.9 Å². The largest absolute Gasteiger partial charge is 0.198 e. The fourth-order valence-corrected chi connectivity index (χ4v) is 3.30. The van der Waals surface area contributed by atoms with Gasteiger partial charge in [0.15, 0.2) is 0 Å². The molecule has 0 amide bonds. The Hall–Kier alpha value is -0.500. The fourth-order valence-electron chi connectivity index (χ4n) is 1.39. The SMILES string of the molecule is N#CCc1cc(S)cc2cc(Br)sc12. The first-order valence-electron chi connectivity index (χ1n) is 3.98. The molecule has 0 aliphatic heterocycles. The predicted octanol–water partition coefficient (Wildman–Crippen LogP) is 4.02. The van der Waals surface area contributed by atoms with Gasteiger partial charge in [-0.3, -0.25) is 0 Å². The fraction of sp³-hybridized carbons (Fsp3) is 0.100. The van der Waals surface area contributed by atoms with Crippen molar-refractivity contribution in [2.75, 3.05) is 0 Å². The third-order valence-electron chi connectivity index (χ3n) is 1.92. The van der Waals surface area contributed by atoms with E-state index in [4.69, 9.17) is 5.26 Å². The molecule has 0 bridgehead atoms. The van der Waals surface area contributed by atoms with Crippen LogP contribution in [0.5, 0.6) is 0 Å². The van der Waals surface area contributed by atoms with Gasteiger partial charge in [0.25, 0.3) is 0 Å². The van der Waals surface area contributed by atoms with Crippen molar-refractivity contribution in [2.45, 2.75) is 11.3 Å². The van der Waals surface area contributed by atoms with Crippen LogP contribution in [-0.2, 0) is 6.42 Å². The maximum absolute atomic E-state index is 8.69. The Balaban J connectivity index is 2.74. The van der Waals surface area contributed by atoms with E-state index in [1.54, 1.807) is 11.3 Å². The van der Waals surface area contributed by atoms with Crippen LogP contribution in [0.2, 0.25) is 0 Å². The van der Waals surface area contributed by atoms with E-state index in [1.165, 1.54) is 4.70 Å². The van der Waals surface area contributed by atoms with Gasteiger partial charge in [-0.1, -0.05) is 0 Å². The monoisotopic (exact) mass is 283 g/mol. The molecule has 1 nitrogen and oxygen atoms in total. The van der Waals surface area contributed by atoms with Crippen molar-refractivity contribution in [1.29, 1.82) is 5.26 Å². The molecule has 1 heterocycles. The van der Waals surface area contributed by atoms with Crippen LogP contribution < -0.4 is 0 Å². The standard InChI is InChI=1S/C10H6BrNS2/c11-9-5-7-4-8(13)3-6(1-2-12)10(7)14-9/h3-5,13H,1H2. The number of rotatable bonds is 1. The van der Waals surface area contributed by atoms with Gasteiger partial charge in [0.2, 0.25) is 0 Å². The lowest BCUT2D eigenvalue weighted by molar-refractivity contribution is 1.27. The molecule has 14 heavy (non-hydrogen) atoms. The zero-order valence-electron chi connectivity index (χ0n) is 7.12. The molecule has 1 aromatic heterocycles. The van der Waals surface area contributed by atoms with Crippen LogP contribution in [0.1, 0.15) is 5.56 Å². The molecular formula is C10H6BrNS2. The van der Waals surface area contributed by atoms with E-state index in [0.29, 0.717) is 6.42 Å². The molecule has 2 aromatic rings. The first-order chi connectivity index (χ1) is 6.70. The lowest BCUT2D eigenvalue weighted by Crippen LogP contribution is -1.81. The number of nitrogens with zero attached hydrogens (tertiary/aromatic N) is 1. The Morgan fingerprint density at radius 2 is 2.21 bits per heavy atom. The van der Waals surface area contributed by atoms with Gasteiger partial charge in [-0.15, -0.1) is 24.0 Å². The highest BCUT2D eigenvalue weighted by Crippen LogP contribution is 2.34. The number of hydrogen-bond donors (Lipinski definition) is 1. The summed E-state index contributed by atoms with van der Waals surface area (Å²) in [4.78, 5) is 0.910. The summed E-state index contributed by atoms with van der Waals surface area (Å²) in [6.07, 6.45) is 0.442. The van der Waals surface area contributed by atoms with Gasteiger partial charge in [-0.2, -0.15) is 5.26 Å². The number of fused-ring (bicyclic) bond motifs is 1. The van der Waals surface area contributed by atoms with Gasteiger partial charge >= 0.3 is 0 Å². The molecule has 0 radical (unpaired) electrons. The minimum atomic E-state index is 0.442. The zero-order valence-corrected chi connectivity index (χ0v) is 10.4. The normalized spacial score (nSPS) is 10.4. The maximum atomic E-state index is 8.69. The third-order valence-corrected chi connectivity index (χ3v) is 3.90. The quantitative estimate of drug-likeness (QED) is 0.786. The average molecular weight is 284 g/mol. The molecule has 70 valence electrons. The molecule has 0 spiro atoms. The van der Waals surface area contributed by atoms with E-state index in [1.807, 2.05) is 12.1 Å².